The molecule has 144 valence electrons. The highest BCUT2D eigenvalue weighted by molar-refractivity contribution is 5.89. The molecule has 3 amide bonds. The van der Waals surface area contributed by atoms with Crippen LogP contribution in [-0.2, 0) is 9.53 Å². The molecule has 1 fully saturated rings. The standard InChI is InChI=1S/C18H26FN3O4/c1-2-17(24)22-15-8-7-14(26-16(15)11-23)9-10-20-18(25)21-13-5-3-12(19)4-6-13/h3-6,14-16,23H,2,7-11H2,1H3,(H,22,24)(H2,20,21,25)/t14-,15+,16+/m1/s1. The number of aliphatic hydroxyl groups is 1. The van der Waals surface area contributed by atoms with E-state index in [1.165, 1.54) is 24.3 Å². The van der Waals surface area contributed by atoms with Crippen molar-refractivity contribution >= 4 is 17.6 Å². The number of anilines is 1. The van der Waals surface area contributed by atoms with Gasteiger partial charge in [0.1, 0.15) is 11.9 Å². The summed E-state index contributed by atoms with van der Waals surface area (Å²) in [7, 11) is 0. The van der Waals surface area contributed by atoms with Crippen molar-refractivity contribution in [3.8, 4) is 0 Å². The second kappa shape index (κ2) is 10.1. The van der Waals surface area contributed by atoms with E-state index in [1.807, 2.05) is 0 Å². The first-order valence-electron chi connectivity index (χ1n) is 8.88. The quantitative estimate of drug-likeness (QED) is 0.590. The summed E-state index contributed by atoms with van der Waals surface area (Å²) in [6.07, 6.45) is 1.94. The van der Waals surface area contributed by atoms with Gasteiger partial charge in [-0.15, -0.1) is 0 Å². The monoisotopic (exact) mass is 367 g/mol. The van der Waals surface area contributed by atoms with Gasteiger partial charge in [0, 0.05) is 18.7 Å². The maximum Gasteiger partial charge on any atom is 0.319 e. The number of benzene rings is 1. The molecular weight excluding hydrogens is 341 g/mol. The lowest BCUT2D eigenvalue weighted by Gasteiger charge is -2.36. The zero-order chi connectivity index (χ0) is 18.9. The molecule has 0 bridgehead atoms. The second-order valence-electron chi connectivity index (χ2n) is 6.26. The van der Waals surface area contributed by atoms with E-state index in [4.69, 9.17) is 4.74 Å². The minimum Gasteiger partial charge on any atom is -0.394 e. The Bertz CT molecular complexity index is 597. The van der Waals surface area contributed by atoms with Crippen LogP contribution in [0.3, 0.4) is 0 Å². The molecule has 7 nitrogen and oxygen atoms in total. The Morgan fingerprint density at radius 1 is 1.27 bits per heavy atom. The smallest absolute Gasteiger partial charge is 0.319 e. The van der Waals surface area contributed by atoms with Gasteiger partial charge in [0.2, 0.25) is 5.91 Å². The number of rotatable bonds is 7. The van der Waals surface area contributed by atoms with Crippen LogP contribution in [0.5, 0.6) is 0 Å². The van der Waals surface area contributed by atoms with Crippen LogP contribution in [0.2, 0.25) is 0 Å². The maximum atomic E-state index is 12.8. The average molecular weight is 367 g/mol. The number of aliphatic hydroxyl groups excluding tert-OH is 1. The molecule has 0 radical (unpaired) electrons. The van der Waals surface area contributed by atoms with Crippen LogP contribution in [0.25, 0.3) is 0 Å². The maximum absolute atomic E-state index is 12.8. The van der Waals surface area contributed by atoms with Gasteiger partial charge in [-0.3, -0.25) is 4.79 Å². The SMILES string of the molecule is CCC(=O)N[C@H]1CC[C@H](CCNC(=O)Nc2ccc(F)cc2)O[C@H]1CO. The topological polar surface area (TPSA) is 99.7 Å². The summed E-state index contributed by atoms with van der Waals surface area (Å²) in [5, 5.41) is 17.7. The first kappa shape index (κ1) is 20.1. The average Bonchev–Trinajstić information content (AvgIpc) is 2.64. The third kappa shape index (κ3) is 6.27. The highest BCUT2D eigenvalue weighted by atomic mass is 19.1. The Morgan fingerprint density at radius 2 is 2.00 bits per heavy atom. The molecule has 26 heavy (non-hydrogen) atoms. The third-order valence-electron chi connectivity index (χ3n) is 4.32. The molecule has 0 aromatic heterocycles. The Kier molecular flexibility index (Phi) is 7.80. The van der Waals surface area contributed by atoms with E-state index in [-0.39, 0.29) is 36.5 Å². The highest BCUT2D eigenvalue weighted by Gasteiger charge is 2.31. The fourth-order valence-corrected chi connectivity index (χ4v) is 2.87. The van der Waals surface area contributed by atoms with E-state index in [1.54, 1.807) is 6.92 Å². The number of halogens is 1. The number of carbonyl (C=O) groups is 2. The molecule has 1 aromatic rings. The van der Waals surface area contributed by atoms with Gasteiger partial charge in [-0.25, -0.2) is 9.18 Å². The fraction of sp³-hybridized carbons (Fsp3) is 0.556. The number of hydrogen-bond donors (Lipinski definition) is 4. The van der Waals surface area contributed by atoms with Crippen molar-refractivity contribution in [2.24, 2.45) is 0 Å². The van der Waals surface area contributed by atoms with E-state index in [0.717, 1.165) is 12.8 Å². The molecular formula is C18H26FN3O4. The van der Waals surface area contributed by atoms with Crippen molar-refractivity contribution in [2.75, 3.05) is 18.5 Å². The largest absolute Gasteiger partial charge is 0.394 e. The molecule has 1 saturated heterocycles. The summed E-state index contributed by atoms with van der Waals surface area (Å²) in [5.41, 5.74) is 0.507. The van der Waals surface area contributed by atoms with Crippen molar-refractivity contribution in [2.45, 2.75) is 50.9 Å². The first-order valence-corrected chi connectivity index (χ1v) is 8.88. The van der Waals surface area contributed by atoms with E-state index >= 15 is 0 Å². The van der Waals surface area contributed by atoms with Crippen molar-refractivity contribution in [1.29, 1.82) is 0 Å². The predicted molar refractivity (Wildman–Crippen MR) is 95.2 cm³/mol. The highest BCUT2D eigenvalue weighted by Crippen LogP contribution is 2.21. The summed E-state index contributed by atoms with van der Waals surface area (Å²) >= 11 is 0. The summed E-state index contributed by atoms with van der Waals surface area (Å²) < 4.78 is 18.7. The molecule has 1 heterocycles. The van der Waals surface area contributed by atoms with Gasteiger partial charge in [-0.2, -0.15) is 0 Å². The minimum atomic E-state index is -0.433. The first-order chi connectivity index (χ1) is 12.5. The number of urea groups is 1. The van der Waals surface area contributed by atoms with Crippen LogP contribution in [0.1, 0.15) is 32.6 Å². The van der Waals surface area contributed by atoms with Gasteiger partial charge >= 0.3 is 6.03 Å². The van der Waals surface area contributed by atoms with E-state index in [9.17, 15) is 19.1 Å². The second-order valence-corrected chi connectivity index (χ2v) is 6.26. The van der Waals surface area contributed by atoms with Crippen LogP contribution in [0, 0.1) is 5.82 Å². The molecule has 3 atom stereocenters. The molecule has 0 saturated carbocycles. The van der Waals surface area contributed by atoms with E-state index in [0.29, 0.717) is 25.1 Å². The summed E-state index contributed by atoms with van der Waals surface area (Å²) in [6, 6.07) is 4.95. The predicted octanol–water partition coefficient (Wildman–Crippen LogP) is 1.77. The Balaban J connectivity index is 1.70. The summed E-state index contributed by atoms with van der Waals surface area (Å²) in [5.74, 6) is -0.424. The molecule has 1 aromatic carbocycles. The molecule has 4 N–H and O–H groups in total. The molecule has 1 aliphatic heterocycles. The van der Waals surface area contributed by atoms with Gasteiger partial charge < -0.3 is 25.8 Å². The van der Waals surface area contributed by atoms with Crippen LogP contribution < -0.4 is 16.0 Å². The molecule has 8 heteroatoms. The molecule has 0 unspecified atom stereocenters. The number of carbonyl (C=O) groups excluding carboxylic acids is 2. The van der Waals surface area contributed by atoms with Crippen molar-refractivity contribution < 1.29 is 23.8 Å². The Hall–Kier alpha value is -2.19. The lowest BCUT2D eigenvalue weighted by Crippen LogP contribution is -2.51. The number of hydrogen-bond acceptors (Lipinski definition) is 4. The van der Waals surface area contributed by atoms with Crippen LogP contribution >= 0.6 is 0 Å². The van der Waals surface area contributed by atoms with Crippen molar-refractivity contribution in [1.82, 2.24) is 10.6 Å². The van der Waals surface area contributed by atoms with Crippen molar-refractivity contribution in [3.63, 3.8) is 0 Å². The minimum absolute atomic E-state index is 0.0605. The Labute approximate surface area is 152 Å². The number of nitrogens with one attached hydrogen (secondary N) is 3. The molecule has 1 aliphatic rings. The fourth-order valence-electron chi connectivity index (χ4n) is 2.87. The zero-order valence-corrected chi connectivity index (χ0v) is 14.8. The summed E-state index contributed by atoms with van der Waals surface area (Å²) in [6.45, 7) is 2.02. The zero-order valence-electron chi connectivity index (χ0n) is 14.8. The lowest BCUT2D eigenvalue weighted by atomic mass is 9.97. The normalized spacial score (nSPS) is 22.5. The van der Waals surface area contributed by atoms with Crippen LogP contribution in [0.15, 0.2) is 24.3 Å². The van der Waals surface area contributed by atoms with Crippen LogP contribution in [-0.4, -0.2) is 48.4 Å². The van der Waals surface area contributed by atoms with Gasteiger partial charge in [-0.05, 0) is 43.5 Å². The molecule has 0 aliphatic carbocycles. The van der Waals surface area contributed by atoms with Gasteiger partial charge in [0.05, 0.1) is 18.8 Å². The molecule has 0 spiro atoms. The van der Waals surface area contributed by atoms with Crippen molar-refractivity contribution in [3.05, 3.63) is 30.1 Å². The van der Waals surface area contributed by atoms with Gasteiger partial charge in [0.15, 0.2) is 0 Å². The van der Waals surface area contributed by atoms with E-state index in [2.05, 4.69) is 16.0 Å². The van der Waals surface area contributed by atoms with Gasteiger partial charge in [-0.1, -0.05) is 6.92 Å². The Morgan fingerprint density at radius 3 is 2.65 bits per heavy atom. The lowest BCUT2D eigenvalue weighted by molar-refractivity contribution is -0.128. The molecule has 2 rings (SSSR count). The number of ether oxygens (including phenoxy) is 1. The van der Waals surface area contributed by atoms with E-state index < -0.39 is 6.10 Å². The third-order valence-corrected chi connectivity index (χ3v) is 4.32. The summed E-state index contributed by atoms with van der Waals surface area (Å²) in [4.78, 5) is 23.3. The van der Waals surface area contributed by atoms with Gasteiger partial charge in [0.25, 0.3) is 0 Å². The van der Waals surface area contributed by atoms with Crippen LogP contribution in [0.4, 0.5) is 14.9 Å². The number of amides is 3.